The lowest BCUT2D eigenvalue weighted by molar-refractivity contribution is 0.0701. The average molecular weight is 260 g/mol. The smallest absolute Gasteiger partial charge is 0.347 e. The van der Waals surface area contributed by atoms with Crippen molar-refractivity contribution < 1.29 is 9.90 Å². The van der Waals surface area contributed by atoms with Crippen molar-refractivity contribution in [3.63, 3.8) is 0 Å². The Bertz CT molecular complexity index is 732. The Morgan fingerprint density at radius 2 is 2.11 bits per heavy atom. The van der Waals surface area contributed by atoms with Crippen molar-refractivity contribution in [2.45, 2.75) is 6.92 Å². The molecule has 0 aliphatic carbocycles. The van der Waals surface area contributed by atoms with Gasteiger partial charge in [0, 0.05) is 18.0 Å². The highest BCUT2D eigenvalue weighted by atomic mass is 32.1. The van der Waals surface area contributed by atoms with Crippen molar-refractivity contribution in [3.8, 4) is 11.4 Å². The lowest BCUT2D eigenvalue weighted by Gasteiger charge is -1.93. The van der Waals surface area contributed by atoms with E-state index in [2.05, 4.69) is 15.1 Å². The Kier molecular flexibility index (Phi) is 2.34. The fourth-order valence-corrected chi connectivity index (χ4v) is 2.57. The van der Waals surface area contributed by atoms with E-state index < -0.39 is 5.97 Å². The van der Waals surface area contributed by atoms with E-state index in [9.17, 15) is 4.79 Å². The van der Waals surface area contributed by atoms with Crippen LogP contribution in [0.5, 0.6) is 0 Å². The van der Waals surface area contributed by atoms with Crippen LogP contribution >= 0.6 is 11.3 Å². The van der Waals surface area contributed by atoms with Crippen LogP contribution in [0.15, 0.2) is 24.5 Å². The SMILES string of the molecule is Cc1c(C(=O)O)sc2nc(-c3ccncc3)nn12. The van der Waals surface area contributed by atoms with Gasteiger partial charge in [-0.15, -0.1) is 5.10 Å². The molecule has 0 aliphatic heterocycles. The molecule has 6 nitrogen and oxygen atoms in total. The Hall–Kier alpha value is -2.28. The zero-order valence-corrected chi connectivity index (χ0v) is 10.2. The molecule has 0 amide bonds. The number of carboxylic acids is 1. The first-order valence-electron chi connectivity index (χ1n) is 5.16. The molecule has 0 aromatic carbocycles. The van der Waals surface area contributed by atoms with Crippen molar-refractivity contribution in [1.29, 1.82) is 0 Å². The third kappa shape index (κ3) is 1.56. The molecule has 0 fully saturated rings. The summed E-state index contributed by atoms with van der Waals surface area (Å²) in [4.78, 5) is 20.1. The largest absolute Gasteiger partial charge is 0.477 e. The van der Waals surface area contributed by atoms with Crippen molar-refractivity contribution in [1.82, 2.24) is 19.6 Å². The fourth-order valence-electron chi connectivity index (χ4n) is 1.67. The second-order valence-corrected chi connectivity index (χ2v) is 4.66. The predicted molar refractivity (Wildman–Crippen MR) is 65.8 cm³/mol. The number of aromatic carboxylic acids is 1. The minimum Gasteiger partial charge on any atom is -0.477 e. The normalized spacial score (nSPS) is 10.9. The van der Waals surface area contributed by atoms with Gasteiger partial charge < -0.3 is 5.11 Å². The fraction of sp³-hybridized carbons (Fsp3) is 0.0909. The van der Waals surface area contributed by atoms with Gasteiger partial charge in [0.2, 0.25) is 4.96 Å². The van der Waals surface area contributed by atoms with Crippen LogP contribution in [0.1, 0.15) is 15.4 Å². The minimum atomic E-state index is -0.949. The molecule has 0 spiro atoms. The summed E-state index contributed by atoms with van der Waals surface area (Å²) in [5, 5.41) is 13.3. The van der Waals surface area contributed by atoms with Gasteiger partial charge in [0.05, 0.1) is 5.69 Å². The van der Waals surface area contributed by atoms with Crippen LogP contribution in [-0.2, 0) is 0 Å². The standard InChI is InChI=1S/C11H8N4O2S/c1-6-8(10(16)17)18-11-13-9(14-15(6)11)7-2-4-12-5-3-7/h2-5H,1H3,(H,16,17). The van der Waals surface area contributed by atoms with Crippen molar-refractivity contribution in [2.24, 2.45) is 0 Å². The summed E-state index contributed by atoms with van der Waals surface area (Å²) in [5.74, 6) is -0.376. The Balaban J connectivity index is 2.17. The highest BCUT2D eigenvalue weighted by Crippen LogP contribution is 2.24. The monoisotopic (exact) mass is 260 g/mol. The zero-order valence-electron chi connectivity index (χ0n) is 9.36. The third-order valence-electron chi connectivity index (χ3n) is 2.55. The summed E-state index contributed by atoms with van der Waals surface area (Å²) in [6, 6.07) is 3.62. The molecule has 0 saturated carbocycles. The summed E-state index contributed by atoms with van der Waals surface area (Å²) in [6.45, 7) is 1.72. The van der Waals surface area contributed by atoms with Crippen LogP contribution in [0, 0.1) is 6.92 Å². The maximum absolute atomic E-state index is 11.0. The molecular formula is C11H8N4O2S. The molecule has 0 bridgehead atoms. The molecule has 7 heteroatoms. The van der Waals surface area contributed by atoms with Gasteiger partial charge in [0.15, 0.2) is 5.82 Å². The molecule has 3 heterocycles. The maximum Gasteiger partial charge on any atom is 0.347 e. The van der Waals surface area contributed by atoms with Crippen LogP contribution in [0.4, 0.5) is 0 Å². The highest BCUT2D eigenvalue weighted by molar-refractivity contribution is 7.18. The number of carboxylic acid groups (broad SMARTS) is 1. The molecule has 0 unspecified atom stereocenters. The first-order valence-corrected chi connectivity index (χ1v) is 5.98. The zero-order chi connectivity index (χ0) is 12.7. The molecule has 0 saturated heterocycles. The van der Waals surface area contributed by atoms with Crippen LogP contribution < -0.4 is 0 Å². The summed E-state index contributed by atoms with van der Waals surface area (Å²) in [5.41, 5.74) is 1.45. The molecular weight excluding hydrogens is 252 g/mol. The van der Waals surface area contributed by atoms with Crippen LogP contribution in [0.3, 0.4) is 0 Å². The molecule has 18 heavy (non-hydrogen) atoms. The van der Waals surface area contributed by atoms with E-state index in [4.69, 9.17) is 5.11 Å². The molecule has 0 radical (unpaired) electrons. The van der Waals surface area contributed by atoms with Gasteiger partial charge in [-0.05, 0) is 19.1 Å². The lowest BCUT2D eigenvalue weighted by Crippen LogP contribution is -1.98. The van der Waals surface area contributed by atoms with Crippen molar-refractivity contribution in [2.75, 3.05) is 0 Å². The Morgan fingerprint density at radius 1 is 1.39 bits per heavy atom. The number of aryl methyl sites for hydroxylation is 1. The van der Waals surface area contributed by atoms with Crippen LogP contribution in [0.2, 0.25) is 0 Å². The van der Waals surface area contributed by atoms with Gasteiger partial charge in [-0.25, -0.2) is 9.31 Å². The number of thiazole rings is 1. The highest BCUT2D eigenvalue weighted by Gasteiger charge is 2.18. The Labute approximate surface area is 106 Å². The minimum absolute atomic E-state index is 0.270. The van der Waals surface area contributed by atoms with E-state index in [-0.39, 0.29) is 4.88 Å². The van der Waals surface area contributed by atoms with Gasteiger partial charge in [-0.3, -0.25) is 4.98 Å². The number of nitrogens with zero attached hydrogens (tertiary/aromatic N) is 4. The van der Waals surface area contributed by atoms with Gasteiger partial charge in [-0.1, -0.05) is 11.3 Å². The van der Waals surface area contributed by atoms with Gasteiger partial charge in [0.1, 0.15) is 4.88 Å². The van der Waals surface area contributed by atoms with Crippen LogP contribution in [-0.4, -0.2) is 30.7 Å². The summed E-state index contributed by atoms with van der Waals surface area (Å²) in [6.07, 6.45) is 3.33. The summed E-state index contributed by atoms with van der Waals surface area (Å²) in [7, 11) is 0. The molecule has 1 N–H and O–H groups in total. The number of aromatic nitrogens is 4. The number of hydrogen-bond donors (Lipinski definition) is 1. The molecule has 3 aromatic rings. The summed E-state index contributed by atoms with van der Waals surface area (Å²) < 4.78 is 1.56. The van der Waals surface area contributed by atoms with E-state index >= 15 is 0 Å². The van der Waals surface area contributed by atoms with E-state index in [1.54, 1.807) is 23.8 Å². The molecule has 3 aromatic heterocycles. The van der Waals surface area contributed by atoms with Gasteiger partial charge in [-0.2, -0.15) is 4.98 Å². The maximum atomic E-state index is 11.0. The van der Waals surface area contributed by atoms with Crippen molar-refractivity contribution >= 4 is 22.3 Å². The first-order chi connectivity index (χ1) is 8.66. The third-order valence-corrected chi connectivity index (χ3v) is 3.67. The lowest BCUT2D eigenvalue weighted by atomic mass is 10.3. The number of hydrogen-bond acceptors (Lipinski definition) is 5. The van der Waals surface area contributed by atoms with E-state index in [1.165, 1.54) is 0 Å². The number of carbonyl (C=O) groups is 1. The van der Waals surface area contributed by atoms with E-state index in [1.807, 2.05) is 12.1 Å². The molecule has 3 rings (SSSR count). The van der Waals surface area contributed by atoms with E-state index in [0.717, 1.165) is 16.9 Å². The molecule has 0 atom stereocenters. The molecule has 0 aliphatic rings. The van der Waals surface area contributed by atoms with Gasteiger partial charge >= 0.3 is 5.97 Å². The number of pyridine rings is 1. The van der Waals surface area contributed by atoms with Gasteiger partial charge in [0.25, 0.3) is 0 Å². The average Bonchev–Trinajstić information content (AvgIpc) is 2.91. The Morgan fingerprint density at radius 3 is 2.72 bits per heavy atom. The van der Waals surface area contributed by atoms with E-state index in [0.29, 0.717) is 16.5 Å². The van der Waals surface area contributed by atoms with Crippen molar-refractivity contribution in [3.05, 3.63) is 35.1 Å². The first kappa shape index (κ1) is 10.8. The van der Waals surface area contributed by atoms with Crippen LogP contribution in [0.25, 0.3) is 16.3 Å². The number of rotatable bonds is 2. The quantitative estimate of drug-likeness (QED) is 0.760. The molecule has 90 valence electrons. The number of fused-ring (bicyclic) bond motifs is 1. The second-order valence-electron chi connectivity index (χ2n) is 3.69. The predicted octanol–water partition coefficient (Wildman–Crippen LogP) is 1.86. The topological polar surface area (TPSA) is 80.4 Å². The second kappa shape index (κ2) is 3.88. The summed E-state index contributed by atoms with van der Waals surface area (Å²) >= 11 is 1.12.